The Bertz CT molecular complexity index is 160. The average molecular weight is 223 g/mol. The van der Waals surface area contributed by atoms with Crippen molar-refractivity contribution in [3.8, 4) is 0 Å². The maximum Gasteiger partial charge on any atom is 0.112 e. The fourth-order valence-corrected chi connectivity index (χ4v) is 1.41. The Morgan fingerprint density at radius 1 is 1.36 bits per heavy atom. The van der Waals surface area contributed by atoms with E-state index in [0.717, 1.165) is 0 Å². The largest absolute Gasteiger partial charge is 0.388 e. The van der Waals surface area contributed by atoms with E-state index in [4.69, 9.17) is 4.74 Å². The molecule has 3 nitrogen and oxygen atoms in total. The lowest BCUT2D eigenvalue weighted by atomic mass is 10.1. The first-order valence-electron chi connectivity index (χ1n) is 3.45. The minimum atomic E-state index is -0.807. The smallest absolute Gasteiger partial charge is 0.112 e. The zero-order valence-electron chi connectivity index (χ0n) is 6.14. The topological polar surface area (TPSA) is 49.7 Å². The summed E-state index contributed by atoms with van der Waals surface area (Å²) in [6, 6.07) is 0. The maximum atomic E-state index is 9.31. The molecule has 1 heterocycles. The third-order valence-corrected chi connectivity index (χ3v) is 2.11. The first-order valence-corrected chi connectivity index (χ1v) is 4.37. The van der Waals surface area contributed by atoms with Crippen molar-refractivity contribution in [2.24, 2.45) is 0 Å². The molecule has 0 aromatic carbocycles. The molecule has 0 bridgehead atoms. The van der Waals surface area contributed by atoms with Gasteiger partial charge >= 0.3 is 0 Å². The lowest BCUT2D eigenvalue weighted by Gasteiger charge is -2.09. The van der Waals surface area contributed by atoms with Gasteiger partial charge in [0.15, 0.2) is 0 Å². The van der Waals surface area contributed by atoms with Crippen LogP contribution in [0.25, 0.3) is 0 Å². The summed E-state index contributed by atoms with van der Waals surface area (Å²) in [5.74, 6) is 0. The molecule has 2 N–H and O–H groups in total. The summed E-state index contributed by atoms with van der Waals surface area (Å²) in [6.07, 6.45) is -0.599. The van der Waals surface area contributed by atoms with Gasteiger partial charge in [-0.3, -0.25) is 0 Å². The van der Waals surface area contributed by atoms with Crippen molar-refractivity contribution in [1.82, 2.24) is 0 Å². The Hall–Kier alpha value is 0.1000. The van der Waals surface area contributed by atoms with Crippen LogP contribution in [0, 0.1) is 0 Å². The number of aliphatic hydroxyl groups is 2. The third-order valence-electron chi connectivity index (χ3n) is 1.80. The molecule has 4 heteroatoms. The van der Waals surface area contributed by atoms with Crippen molar-refractivity contribution < 1.29 is 14.9 Å². The van der Waals surface area contributed by atoms with Crippen LogP contribution in [0.5, 0.6) is 0 Å². The molecule has 1 aliphatic rings. The summed E-state index contributed by atoms with van der Waals surface area (Å²) in [5.41, 5.74) is 0. The fraction of sp³-hybridized carbons (Fsp3) is 0.714. The average Bonchev–Trinajstić information content (AvgIpc) is 2.19. The Balaban J connectivity index is 2.59. The summed E-state index contributed by atoms with van der Waals surface area (Å²) < 4.78 is 5.21. The molecule has 0 aromatic rings. The Morgan fingerprint density at radius 2 is 2.00 bits per heavy atom. The highest BCUT2D eigenvalue weighted by Crippen LogP contribution is 2.21. The molecule has 4 atom stereocenters. The number of rotatable bonds is 1. The highest BCUT2D eigenvalue weighted by molar-refractivity contribution is 9.11. The molecule has 11 heavy (non-hydrogen) atoms. The van der Waals surface area contributed by atoms with Crippen LogP contribution >= 0.6 is 15.9 Å². The first-order chi connectivity index (χ1) is 5.16. The molecule has 0 spiro atoms. The monoisotopic (exact) mass is 222 g/mol. The van der Waals surface area contributed by atoms with E-state index in [9.17, 15) is 10.2 Å². The second-order valence-corrected chi connectivity index (χ2v) is 3.13. The highest BCUT2D eigenvalue weighted by atomic mass is 79.9. The summed E-state index contributed by atoms with van der Waals surface area (Å²) in [4.78, 5) is 1.62. The number of hydrogen-bond donors (Lipinski definition) is 2. The van der Waals surface area contributed by atoms with E-state index in [1.54, 1.807) is 18.0 Å². The highest BCUT2D eigenvalue weighted by Gasteiger charge is 2.38. The molecular weight excluding hydrogens is 212 g/mol. The molecule has 1 saturated heterocycles. The second-order valence-electron chi connectivity index (χ2n) is 2.61. The van der Waals surface area contributed by atoms with E-state index >= 15 is 0 Å². The van der Waals surface area contributed by atoms with Gasteiger partial charge < -0.3 is 14.9 Å². The van der Waals surface area contributed by atoms with E-state index in [1.165, 1.54) is 0 Å². The first kappa shape index (κ1) is 9.19. The molecule has 64 valence electrons. The van der Waals surface area contributed by atoms with E-state index in [-0.39, 0.29) is 12.2 Å². The van der Waals surface area contributed by atoms with Gasteiger partial charge in [0, 0.05) is 0 Å². The molecule has 0 radical (unpaired) electrons. The van der Waals surface area contributed by atoms with Crippen LogP contribution in [-0.2, 0) is 4.74 Å². The molecule has 1 aliphatic heterocycles. The Kier molecular flexibility index (Phi) is 3.06. The quantitative estimate of drug-likeness (QED) is 0.676. The van der Waals surface area contributed by atoms with Crippen LogP contribution in [0.4, 0.5) is 0 Å². The maximum absolute atomic E-state index is 9.31. The molecule has 0 aliphatic carbocycles. The van der Waals surface area contributed by atoms with Crippen molar-refractivity contribution in [2.75, 3.05) is 0 Å². The molecule has 1 unspecified atom stereocenters. The second kappa shape index (κ2) is 3.67. The summed E-state index contributed by atoms with van der Waals surface area (Å²) >= 11 is 3.07. The number of aliphatic hydroxyl groups excluding tert-OH is 2. The molecule has 1 rings (SSSR count). The number of ether oxygens (including phenoxy) is 1. The molecule has 0 amide bonds. The molecule has 0 saturated carbocycles. The predicted molar refractivity (Wildman–Crippen MR) is 44.4 cm³/mol. The molecular formula is C7H11BrO3. The Morgan fingerprint density at radius 3 is 2.36 bits per heavy atom. The van der Waals surface area contributed by atoms with Crippen LogP contribution in [-0.4, -0.2) is 34.6 Å². The lowest BCUT2D eigenvalue weighted by Crippen LogP contribution is -2.30. The van der Waals surface area contributed by atoms with Crippen LogP contribution in [0.1, 0.15) is 6.92 Å². The van der Waals surface area contributed by atoms with E-state index in [1.807, 2.05) is 0 Å². The minimum Gasteiger partial charge on any atom is -0.388 e. The lowest BCUT2D eigenvalue weighted by molar-refractivity contribution is 0.0316. The van der Waals surface area contributed by atoms with Crippen molar-refractivity contribution in [3.05, 3.63) is 11.1 Å². The van der Waals surface area contributed by atoms with Gasteiger partial charge in [0.2, 0.25) is 0 Å². The molecule has 0 aromatic heterocycles. The summed E-state index contributed by atoms with van der Waals surface area (Å²) in [6.45, 7) is 1.73. The van der Waals surface area contributed by atoms with Crippen LogP contribution in [0.15, 0.2) is 11.1 Å². The van der Waals surface area contributed by atoms with Gasteiger partial charge in [-0.2, -0.15) is 0 Å². The standard InChI is InChI=1S/C7H11BrO3/c1-4-6(9)7(10)5(11-4)2-3-8/h2-7,9-10H,1H3/b3-2-/t4-,5+,6?,7-/m0/s1. The van der Waals surface area contributed by atoms with Gasteiger partial charge in [0.05, 0.1) is 6.10 Å². The van der Waals surface area contributed by atoms with Crippen molar-refractivity contribution in [1.29, 1.82) is 0 Å². The zero-order valence-corrected chi connectivity index (χ0v) is 7.73. The van der Waals surface area contributed by atoms with Gasteiger partial charge in [-0.1, -0.05) is 15.9 Å². The van der Waals surface area contributed by atoms with Gasteiger partial charge in [0.25, 0.3) is 0 Å². The van der Waals surface area contributed by atoms with Gasteiger partial charge in [0.1, 0.15) is 18.3 Å². The number of hydrogen-bond acceptors (Lipinski definition) is 3. The normalized spacial score (nSPS) is 45.5. The van der Waals surface area contributed by atoms with Gasteiger partial charge in [-0.25, -0.2) is 0 Å². The summed E-state index contributed by atoms with van der Waals surface area (Å²) in [5, 5.41) is 18.6. The van der Waals surface area contributed by atoms with Crippen molar-refractivity contribution >= 4 is 15.9 Å². The molecule has 1 fully saturated rings. The van der Waals surface area contributed by atoms with Crippen LogP contribution in [0.3, 0.4) is 0 Å². The predicted octanol–water partition coefficient (Wildman–Crippen LogP) is 0.404. The minimum absolute atomic E-state index is 0.293. The third kappa shape index (κ3) is 1.82. The van der Waals surface area contributed by atoms with Crippen LogP contribution in [0.2, 0.25) is 0 Å². The van der Waals surface area contributed by atoms with Crippen LogP contribution < -0.4 is 0 Å². The summed E-state index contributed by atoms with van der Waals surface area (Å²) in [7, 11) is 0. The Labute approximate surface area is 73.8 Å². The fourth-order valence-electron chi connectivity index (χ4n) is 1.11. The van der Waals surface area contributed by atoms with Gasteiger partial charge in [-0.05, 0) is 18.0 Å². The van der Waals surface area contributed by atoms with E-state index in [0.29, 0.717) is 0 Å². The zero-order chi connectivity index (χ0) is 8.43. The SMILES string of the molecule is C[C@@H]1O[C@H](/C=C\Br)[C@H](O)C1O. The van der Waals surface area contributed by atoms with E-state index < -0.39 is 12.2 Å². The van der Waals surface area contributed by atoms with Gasteiger partial charge in [-0.15, -0.1) is 0 Å². The van der Waals surface area contributed by atoms with Crippen molar-refractivity contribution in [3.63, 3.8) is 0 Å². The van der Waals surface area contributed by atoms with E-state index in [2.05, 4.69) is 15.9 Å². The number of halogens is 1. The van der Waals surface area contributed by atoms with Crippen molar-refractivity contribution in [2.45, 2.75) is 31.3 Å².